The Hall–Kier alpha value is -2.48. The van der Waals surface area contributed by atoms with Crippen LogP contribution < -0.4 is 10.2 Å². The van der Waals surface area contributed by atoms with E-state index in [1.165, 1.54) is 0 Å². The van der Waals surface area contributed by atoms with Gasteiger partial charge in [-0.2, -0.15) is 0 Å². The lowest BCUT2D eigenvalue weighted by atomic mass is 10.0. The maximum atomic E-state index is 11.9. The fraction of sp³-hybridized carbons (Fsp3) is 0.429. The highest BCUT2D eigenvalue weighted by Gasteiger charge is 2.37. The summed E-state index contributed by atoms with van der Waals surface area (Å²) >= 11 is 0. The van der Waals surface area contributed by atoms with Gasteiger partial charge in [0.05, 0.1) is 11.9 Å². The Balaban J connectivity index is 1.58. The van der Waals surface area contributed by atoms with E-state index in [9.17, 15) is 9.90 Å². The van der Waals surface area contributed by atoms with Crippen LogP contribution in [0.3, 0.4) is 0 Å². The molecule has 2 aromatic heterocycles. The van der Waals surface area contributed by atoms with Crippen molar-refractivity contribution in [1.29, 1.82) is 0 Å². The number of hydrogen-bond acceptors (Lipinski definition) is 7. The van der Waals surface area contributed by atoms with Crippen molar-refractivity contribution in [2.24, 2.45) is 0 Å². The predicted octanol–water partition coefficient (Wildman–Crippen LogP) is 0.144. The van der Waals surface area contributed by atoms with Gasteiger partial charge in [-0.15, -0.1) is 0 Å². The van der Waals surface area contributed by atoms with Crippen LogP contribution in [-0.2, 0) is 0 Å². The molecule has 1 atom stereocenters. The number of aromatic nitrogens is 3. The van der Waals surface area contributed by atoms with E-state index in [1.54, 1.807) is 31.6 Å². The first kappa shape index (κ1) is 14.5. The Morgan fingerprint density at radius 3 is 3.09 bits per heavy atom. The SMILES string of the molecule is Cc1cc(C(=O)NCC2(O)CCN(c3cnccn3)C2)on1. The van der Waals surface area contributed by atoms with Gasteiger partial charge in [0, 0.05) is 38.1 Å². The summed E-state index contributed by atoms with van der Waals surface area (Å²) in [6, 6.07) is 1.56. The first-order valence-corrected chi connectivity index (χ1v) is 7.01. The van der Waals surface area contributed by atoms with E-state index in [0.29, 0.717) is 25.2 Å². The molecular formula is C14H17N5O3. The molecule has 1 aliphatic rings. The highest BCUT2D eigenvalue weighted by molar-refractivity contribution is 5.91. The molecule has 1 aliphatic heterocycles. The van der Waals surface area contributed by atoms with Gasteiger partial charge in [0.25, 0.3) is 5.91 Å². The second-order valence-electron chi connectivity index (χ2n) is 5.47. The van der Waals surface area contributed by atoms with Crippen LogP contribution in [0.25, 0.3) is 0 Å². The second kappa shape index (κ2) is 5.72. The minimum atomic E-state index is -0.998. The molecule has 0 radical (unpaired) electrons. The number of nitrogens with one attached hydrogen (secondary N) is 1. The summed E-state index contributed by atoms with van der Waals surface area (Å²) in [5, 5.41) is 16.9. The fourth-order valence-electron chi connectivity index (χ4n) is 2.45. The van der Waals surface area contributed by atoms with Crippen molar-refractivity contribution >= 4 is 11.7 Å². The van der Waals surface area contributed by atoms with Crippen LogP contribution in [-0.4, -0.2) is 51.4 Å². The Morgan fingerprint density at radius 1 is 1.55 bits per heavy atom. The number of β-amino-alcohol motifs (C(OH)–C–C–N with tert-alkyl or cyclic N) is 1. The summed E-state index contributed by atoms with van der Waals surface area (Å²) in [5.74, 6) is 0.479. The Kier molecular flexibility index (Phi) is 3.76. The van der Waals surface area contributed by atoms with Gasteiger partial charge in [-0.3, -0.25) is 9.78 Å². The van der Waals surface area contributed by atoms with Crippen LogP contribution in [0.5, 0.6) is 0 Å². The van der Waals surface area contributed by atoms with E-state index < -0.39 is 5.60 Å². The normalized spacial score (nSPS) is 21.1. The number of nitrogens with zero attached hydrogens (tertiary/aromatic N) is 4. The van der Waals surface area contributed by atoms with Crippen LogP contribution in [0.1, 0.15) is 22.7 Å². The molecule has 2 N–H and O–H groups in total. The molecule has 8 heteroatoms. The maximum Gasteiger partial charge on any atom is 0.290 e. The molecule has 3 heterocycles. The predicted molar refractivity (Wildman–Crippen MR) is 77.4 cm³/mol. The van der Waals surface area contributed by atoms with Crippen LogP contribution in [0.2, 0.25) is 0 Å². The molecule has 0 aliphatic carbocycles. The number of rotatable bonds is 4. The van der Waals surface area contributed by atoms with E-state index in [-0.39, 0.29) is 18.2 Å². The molecule has 0 saturated carbocycles. The lowest BCUT2D eigenvalue weighted by Gasteiger charge is -2.23. The van der Waals surface area contributed by atoms with Crippen molar-refractivity contribution in [3.05, 3.63) is 36.1 Å². The number of aryl methyl sites for hydroxylation is 1. The van der Waals surface area contributed by atoms with Crippen molar-refractivity contribution < 1.29 is 14.4 Å². The molecular weight excluding hydrogens is 286 g/mol. The standard InChI is InChI=1S/C14H17N5O3/c1-10-6-11(22-18-10)13(20)17-8-14(21)2-5-19(9-14)12-7-15-3-4-16-12/h3-4,6-7,21H,2,5,8-9H2,1H3,(H,17,20). The molecule has 2 aromatic rings. The van der Waals surface area contributed by atoms with Crippen molar-refractivity contribution in [2.75, 3.05) is 24.5 Å². The van der Waals surface area contributed by atoms with Crippen LogP contribution in [0.4, 0.5) is 5.82 Å². The second-order valence-corrected chi connectivity index (χ2v) is 5.47. The van der Waals surface area contributed by atoms with Crippen LogP contribution >= 0.6 is 0 Å². The van der Waals surface area contributed by atoms with Gasteiger partial charge in [-0.1, -0.05) is 5.16 Å². The summed E-state index contributed by atoms with van der Waals surface area (Å²) < 4.78 is 4.89. The molecule has 3 rings (SSSR count). The summed E-state index contributed by atoms with van der Waals surface area (Å²) in [7, 11) is 0. The summed E-state index contributed by atoms with van der Waals surface area (Å²) in [4.78, 5) is 22.1. The third kappa shape index (κ3) is 3.06. The zero-order valence-electron chi connectivity index (χ0n) is 12.2. The van der Waals surface area contributed by atoms with Crippen molar-refractivity contribution in [3.8, 4) is 0 Å². The summed E-state index contributed by atoms with van der Waals surface area (Å²) in [6.07, 6.45) is 5.41. The molecule has 116 valence electrons. The molecule has 1 fully saturated rings. The Bertz CT molecular complexity index is 660. The van der Waals surface area contributed by atoms with Gasteiger partial charge in [-0.25, -0.2) is 4.98 Å². The molecule has 0 aromatic carbocycles. The highest BCUT2D eigenvalue weighted by atomic mass is 16.5. The maximum absolute atomic E-state index is 11.9. The average molecular weight is 303 g/mol. The minimum absolute atomic E-state index is 0.141. The third-order valence-corrected chi connectivity index (χ3v) is 3.64. The average Bonchev–Trinajstić information content (AvgIpc) is 3.13. The molecule has 1 unspecified atom stereocenters. The van der Waals surface area contributed by atoms with Crippen molar-refractivity contribution in [1.82, 2.24) is 20.4 Å². The molecule has 22 heavy (non-hydrogen) atoms. The van der Waals surface area contributed by atoms with E-state index >= 15 is 0 Å². The third-order valence-electron chi connectivity index (χ3n) is 3.64. The van der Waals surface area contributed by atoms with Gasteiger partial charge in [0.15, 0.2) is 0 Å². The van der Waals surface area contributed by atoms with Gasteiger partial charge < -0.3 is 19.8 Å². The first-order valence-electron chi connectivity index (χ1n) is 7.01. The number of carbonyl (C=O) groups excluding carboxylic acids is 1. The largest absolute Gasteiger partial charge is 0.386 e. The quantitative estimate of drug-likeness (QED) is 0.828. The smallest absolute Gasteiger partial charge is 0.290 e. The number of hydrogen-bond donors (Lipinski definition) is 2. The molecule has 1 amide bonds. The lowest BCUT2D eigenvalue weighted by molar-refractivity contribution is 0.0564. The van der Waals surface area contributed by atoms with Gasteiger partial charge in [0.2, 0.25) is 5.76 Å². The van der Waals surface area contributed by atoms with Gasteiger partial charge in [-0.05, 0) is 13.3 Å². The van der Waals surface area contributed by atoms with Crippen LogP contribution in [0.15, 0.2) is 29.2 Å². The fourth-order valence-corrected chi connectivity index (χ4v) is 2.45. The Labute approximate surface area is 127 Å². The lowest BCUT2D eigenvalue weighted by Crippen LogP contribution is -2.45. The first-order chi connectivity index (χ1) is 10.6. The van der Waals surface area contributed by atoms with Crippen molar-refractivity contribution in [3.63, 3.8) is 0 Å². The molecule has 1 saturated heterocycles. The highest BCUT2D eigenvalue weighted by Crippen LogP contribution is 2.24. The minimum Gasteiger partial charge on any atom is -0.386 e. The van der Waals surface area contributed by atoms with E-state index in [1.807, 2.05) is 4.90 Å². The molecule has 8 nitrogen and oxygen atoms in total. The number of amides is 1. The zero-order chi connectivity index (χ0) is 15.6. The van der Waals surface area contributed by atoms with Crippen LogP contribution in [0, 0.1) is 6.92 Å². The number of anilines is 1. The summed E-state index contributed by atoms with van der Waals surface area (Å²) in [6.45, 7) is 2.93. The monoisotopic (exact) mass is 303 g/mol. The number of aliphatic hydroxyl groups is 1. The molecule has 0 bridgehead atoms. The topological polar surface area (TPSA) is 104 Å². The van der Waals surface area contributed by atoms with E-state index in [2.05, 4.69) is 20.4 Å². The Morgan fingerprint density at radius 2 is 2.41 bits per heavy atom. The van der Waals surface area contributed by atoms with E-state index in [0.717, 1.165) is 5.82 Å². The number of carbonyl (C=O) groups is 1. The van der Waals surface area contributed by atoms with Gasteiger partial charge in [0.1, 0.15) is 11.4 Å². The molecule has 0 spiro atoms. The zero-order valence-corrected chi connectivity index (χ0v) is 12.2. The summed E-state index contributed by atoms with van der Waals surface area (Å²) in [5.41, 5.74) is -0.360. The van der Waals surface area contributed by atoms with Crippen molar-refractivity contribution in [2.45, 2.75) is 18.9 Å². The van der Waals surface area contributed by atoms with E-state index in [4.69, 9.17) is 4.52 Å². The van der Waals surface area contributed by atoms with Gasteiger partial charge >= 0.3 is 0 Å².